The summed E-state index contributed by atoms with van der Waals surface area (Å²) in [6.45, 7) is 2.36. The Bertz CT molecular complexity index is 250. The molecule has 13 heavy (non-hydrogen) atoms. The van der Waals surface area contributed by atoms with Crippen LogP contribution in [0.5, 0.6) is 0 Å². The highest BCUT2D eigenvalue weighted by molar-refractivity contribution is 6.44. The lowest BCUT2D eigenvalue weighted by Crippen LogP contribution is -2.31. The van der Waals surface area contributed by atoms with Crippen LogP contribution in [0.15, 0.2) is 0 Å². The molecule has 0 saturated carbocycles. The lowest BCUT2D eigenvalue weighted by atomic mass is 10.2. The van der Waals surface area contributed by atoms with Gasteiger partial charge in [-0.1, -0.05) is 19.8 Å². The van der Waals surface area contributed by atoms with E-state index in [1.807, 2.05) is 12.2 Å². The summed E-state index contributed by atoms with van der Waals surface area (Å²) < 4.78 is 0. The molecule has 0 unspecified atom stereocenters. The minimum absolute atomic E-state index is 0.338. The fraction of sp³-hybridized carbons (Fsp3) is 0.625. The number of nitrogens with one attached hydrogen (secondary N) is 1. The van der Waals surface area contributed by atoms with E-state index in [9.17, 15) is 14.4 Å². The maximum absolute atomic E-state index is 11.0. The fourth-order valence-electron chi connectivity index (χ4n) is 1.16. The van der Waals surface area contributed by atoms with E-state index in [2.05, 4.69) is 0 Å². The summed E-state index contributed by atoms with van der Waals surface area (Å²) in [5, 5.41) is 1.94. The van der Waals surface area contributed by atoms with Crippen molar-refractivity contribution in [3.05, 3.63) is 0 Å². The number of imide groups is 2. The molecule has 0 aromatic carbocycles. The van der Waals surface area contributed by atoms with Gasteiger partial charge in [0.15, 0.2) is 0 Å². The van der Waals surface area contributed by atoms with E-state index >= 15 is 0 Å². The minimum Gasteiger partial charge on any atom is -0.269 e. The van der Waals surface area contributed by atoms with E-state index in [1.54, 1.807) is 0 Å². The van der Waals surface area contributed by atoms with Gasteiger partial charge in [-0.15, -0.1) is 0 Å². The van der Waals surface area contributed by atoms with E-state index in [1.165, 1.54) is 0 Å². The van der Waals surface area contributed by atoms with E-state index in [4.69, 9.17) is 0 Å². The molecular formula is C8H12N2O3. The molecule has 72 valence electrons. The molecule has 0 radical (unpaired) electrons. The first kappa shape index (κ1) is 9.70. The van der Waals surface area contributed by atoms with Gasteiger partial charge in [-0.25, -0.2) is 4.79 Å². The average molecular weight is 184 g/mol. The van der Waals surface area contributed by atoms with Gasteiger partial charge in [0.25, 0.3) is 0 Å². The number of carbonyl (C=O) groups is 3. The molecule has 1 aliphatic rings. The molecule has 0 aromatic heterocycles. The zero-order valence-corrected chi connectivity index (χ0v) is 7.50. The van der Waals surface area contributed by atoms with Gasteiger partial charge in [0, 0.05) is 6.54 Å². The molecule has 0 aromatic rings. The van der Waals surface area contributed by atoms with Gasteiger partial charge in [0.05, 0.1) is 0 Å². The Morgan fingerprint density at radius 1 is 1.23 bits per heavy atom. The Morgan fingerprint density at radius 2 is 1.92 bits per heavy atom. The van der Waals surface area contributed by atoms with Crippen molar-refractivity contribution in [2.45, 2.75) is 26.2 Å². The molecule has 1 aliphatic heterocycles. The molecule has 1 fully saturated rings. The number of hydrogen-bond acceptors (Lipinski definition) is 3. The standard InChI is InChI=1S/C8H12N2O3/c1-2-3-4-5-10-7(12)6(11)9-8(10)13/h2-5H2,1H3,(H,9,11,13). The van der Waals surface area contributed by atoms with E-state index in [-0.39, 0.29) is 0 Å². The summed E-state index contributed by atoms with van der Waals surface area (Å²) in [4.78, 5) is 33.6. The number of amides is 4. The van der Waals surface area contributed by atoms with Crippen molar-refractivity contribution < 1.29 is 14.4 Å². The number of carbonyl (C=O) groups excluding carboxylic acids is 3. The van der Waals surface area contributed by atoms with Crippen molar-refractivity contribution >= 4 is 17.8 Å². The van der Waals surface area contributed by atoms with Crippen LogP contribution in [0.3, 0.4) is 0 Å². The van der Waals surface area contributed by atoms with Gasteiger partial charge >= 0.3 is 17.8 Å². The van der Waals surface area contributed by atoms with Crippen molar-refractivity contribution in [2.75, 3.05) is 6.54 Å². The Kier molecular flexibility index (Phi) is 3.00. The van der Waals surface area contributed by atoms with Gasteiger partial charge in [0.2, 0.25) is 0 Å². The number of unbranched alkanes of at least 4 members (excludes halogenated alkanes) is 2. The molecular weight excluding hydrogens is 172 g/mol. The van der Waals surface area contributed by atoms with Crippen molar-refractivity contribution in [2.24, 2.45) is 0 Å². The Balaban J connectivity index is 2.45. The van der Waals surface area contributed by atoms with Crippen molar-refractivity contribution in [3.63, 3.8) is 0 Å². The predicted molar refractivity (Wildman–Crippen MR) is 44.8 cm³/mol. The van der Waals surface area contributed by atoms with Crippen LogP contribution in [0.1, 0.15) is 26.2 Å². The monoisotopic (exact) mass is 184 g/mol. The summed E-state index contributed by atoms with van der Waals surface area (Å²) in [6.07, 6.45) is 2.71. The van der Waals surface area contributed by atoms with Crippen LogP contribution in [-0.2, 0) is 9.59 Å². The smallest absolute Gasteiger partial charge is 0.269 e. The first-order valence-corrected chi connectivity index (χ1v) is 4.33. The summed E-state index contributed by atoms with van der Waals surface area (Å²) in [6, 6.07) is -0.592. The number of hydrogen-bond donors (Lipinski definition) is 1. The maximum Gasteiger partial charge on any atom is 0.331 e. The predicted octanol–water partition coefficient (Wildman–Crippen LogP) is 0.255. The summed E-state index contributed by atoms with van der Waals surface area (Å²) in [7, 11) is 0. The number of nitrogens with zero attached hydrogens (tertiary/aromatic N) is 1. The topological polar surface area (TPSA) is 66.5 Å². The molecule has 1 rings (SSSR count). The normalized spacial score (nSPS) is 16.7. The Morgan fingerprint density at radius 3 is 2.38 bits per heavy atom. The van der Waals surface area contributed by atoms with Crippen LogP contribution in [0.2, 0.25) is 0 Å². The second-order valence-corrected chi connectivity index (χ2v) is 2.92. The largest absolute Gasteiger partial charge is 0.331 e. The van der Waals surface area contributed by atoms with Crippen molar-refractivity contribution in [1.82, 2.24) is 10.2 Å². The van der Waals surface area contributed by atoms with Gasteiger partial charge in [0.1, 0.15) is 0 Å². The molecule has 0 spiro atoms. The minimum atomic E-state index is -0.818. The summed E-state index contributed by atoms with van der Waals surface area (Å²) in [5.41, 5.74) is 0. The molecule has 1 saturated heterocycles. The highest BCUT2D eigenvalue weighted by Crippen LogP contribution is 2.03. The van der Waals surface area contributed by atoms with Crippen LogP contribution in [-0.4, -0.2) is 29.3 Å². The molecule has 5 nitrogen and oxygen atoms in total. The lowest BCUT2D eigenvalue weighted by Gasteiger charge is -2.09. The third kappa shape index (κ3) is 2.05. The van der Waals surface area contributed by atoms with Gasteiger partial charge in [-0.3, -0.25) is 19.8 Å². The summed E-state index contributed by atoms with van der Waals surface area (Å²) in [5.74, 6) is -1.55. The zero-order valence-electron chi connectivity index (χ0n) is 7.50. The molecule has 0 atom stereocenters. The first-order valence-electron chi connectivity index (χ1n) is 4.33. The number of urea groups is 1. The third-order valence-electron chi connectivity index (χ3n) is 1.89. The molecule has 0 aliphatic carbocycles. The van der Waals surface area contributed by atoms with Gasteiger partial charge < -0.3 is 0 Å². The highest BCUT2D eigenvalue weighted by atomic mass is 16.2. The molecule has 5 heteroatoms. The SMILES string of the molecule is CCCCCN1C(=O)NC(=O)C1=O. The summed E-state index contributed by atoms with van der Waals surface area (Å²) >= 11 is 0. The quantitative estimate of drug-likeness (QED) is 0.387. The Labute approximate surface area is 76.1 Å². The Hall–Kier alpha value is -1.39. The van der Waals surface area contributed by atoms with Crippen LogP contribution >= 0.6 is 0 Å². The number of rotatable bonds is 4. The second-order valence-electron chi connectivity index (χ2n) is 2.92. The highest BCUT2D eigenvalue weighted by Gasteiger charge is 2.35. The van der Waals surface area contributed by atoms with Crippen LogP contribution in [0.25, 0.3) is 0 Å². The van der Waals surface area contributed by atoms with Crippen molar-refractivity contribution in [1.29, 1.82) is 0 Å². The van der Waals surface area contributed by atoms with Crippen LogP contribution in [0.4, 0.5) is 4.79 Å². The molecule has 1 N–H and O–H groups in total. The molecule has 0 bridgehead atoms. The maximum atomic E-state index is 11.0. The lowest BCUT2D eigenvalue weighted by molar-refractivity contribution is -0.140. The molecule has 1 heterocycles. The zero-order chi connectivity index (χ0) is 9.84. The first-order chi connectivity index (χ1) is 6.16. The van der Waals surface area contributed by atoms with E-state index in [0.29, 0.717) is 6.54 Å². The fourth-order valence-corrected chi connectivity index (χ4v) is 1.16. The average Bonchev–Trinajstić information content (AvgIpc) is 2.32. The van der Waals surface area contributed by atoms with E-state index < -0.39 is 17.8 Å². The van der Waals surface area contributed by atoms with Crippen LogP contribution in [0, 0.1) is 0 Å². The second kappa shape index (κ2) is 4.02. The van der Waals surface area contributed by atoms with Crippen LogP contribution < -0.4 is 5.32 Å². The third-order valence-corrected chi connectivity index (χ3v) is 1.89. The van der Waals surface area contributed by atoms with Gasteiger partial charge in [-0.05, 0) is 6.42 Å². The molecule has 4 amide bonds. The van der Waals surface area contributed by atoms with E-state index in [0.717, 1.165) is 24.2 Å². The van der Waals surface area contributed by atoms with Gasteiger partial charge in [-0.2, -0.15) is 0 Å². The van der Waals surface area contributed by atoms with Crippen molar-refractivity contribution in [3.8, 4) is 0 Å².